The third-order valence-electron chi connectivity index (χ3n) is 2.74. The largest absolute Gasteiger partial charge is 0.383 e. The Balaban J connectivity index is 2.14. The Morgan fingerprint density at radius 3 is 2.71 bits per heavy atom. The summed E-state index contributed by atoms with van der Waals surface area (Å²) in [5.41, 5.74) is 0. The Bertz CT molecular complexity index is 271. The van der Waals surface area contributed by atoms with Crippen LogP contribution in [0, 0.1) is 0 Å². The van der Waals surface area contributed by atoms with Crippen LogP contribution < -0.4 is 5.32 Å². The maximum Gasteiger partial charge on any atom is 0.242 e. The number of nitrogens with zero attached hydrogens (tertiary/aromatic N) is 2. The molecule has 0 aromatic heterocycles. The molecule has 0 radical (unpaired) electrons. The van der Waals surface area contributed by atoms with Gasteiger partial charge in [0.05, 0.1) is 19.7 Å². The molecule has 17 heavy (non-hydrogen) atoms. The zero-order valence-electron chi connectivity index (χ0n) is 10.6. The lowest BCUT2D eigenvalue weighted by Crippen LogP contribution is -2.52. The van der Waals surface area contributed by atoms with E-state index in [1.54, 1.807) is 19.1 Å². The van der Waals surface area contributed by atoms with Crippen molar-refractivity contribution < 1.29 is 14.3 Å². The zero-order chi connectivity index (χ0) is 12.7. The molecule has 0 aliphatic carbocycles. The van der Waals surface area contributed by atoms with Crippen LogP contribution in [-0.4, -0.2) is 75.1 Å². The van der Waals surface area contributed by atoms with E-state index in [2.05, 4.69) is 5.32 Å². The van der Waals surface area contributed by atoms with Crippen LogP contribution >= 0.6 is 0 Å². The van der Waals surface area contributed by atoms with Gasteiger partial charge in [0, 0.05) is 27.2 Å². The zero-order valence-corrected chi connectivity index (χ0v) is 10.6. The fourth-order valence-electron chi connectivity index (χ4n) is 1.66. The van der Waals surface area contributed by atoms with Gasteiger partial charge in [-0.2, -0.15) is 0 Å². The van der Waals surface area contributed by atoms with Gasteiger partial charge in [-0.25, -0.2) is 0 Å². The van der Waals surface area contributed by atoms with Crippen LogP contribution in [0.15, 0.2) is 0 Å². The highest BCUT2D eigenvalue weighted by atomic mass is 16.5. The molecule has 6 nitrogen and oxygen atoms in total. The summed E-state index contributed by atoms with van der Waals surface area (Å²) in [6, 6.07) is 0. The number of carbonyl (C=O) groups is 2. The molecule has 0 bridgehead atoms. The summed E-state index contributed by atoms with van der Waals surface area (Å²) in [4.78, 5) is 26.1. The molecular weight excluding hydrogens is 222 g/mol. The second-order valence-corrected chi connectivity index (χ2v) is 4.16. The molecule has 1 aliphatic rings. The maximum atomic E-state index is 11.6. The number of carbonyl (C=O) groups excluding carboxylic acids is 2. The molecule has 1 heterocycles. The average Bonchev–Trinajstić information content (AvgIpc) is 2.30. The number of rotatable bonds is 7. The van der Waals surface area contributed by atoms with Crippen LogP contribution in [-0.2, 0) is 14.3 Å². The maximum absolute atomic E-state index is 11.6. The molecule has 98 valence electrons. The molecule has 1 rings (SSSR count). The number of methoxy groups -OCH3 is 1. The van der Waals surface area contributed by atoms with Crippen molar-refractivity contribution in [3.8, 4) is 0 Å². The van der Waals surface area contributed by atoms with Crippen LogP contribution in [0.1, 0.15) is 6.42 Å². The topological polar surface area (TPSA) is 61.9 Å². The summed E-state index contributed by atoms with van der Waals surface area (Å²) in [5.74, 6) is 0.0425. The van der Waals surface area contributed by atoms with E-state index in [1.165, 1.54) is 4.90 Å². The van der Waals surface area contributed by atoms with Gasteiger partial charge in [0.15, 0.2) is 0 Å². The molecule has 0 aromatic carbocycles. The van der Waals surface area contributed by atoms with Crippen molar-refractivity contribution in [3.63, 3.8) is 0 Å². The van der Waals surface area contributed by atoms with Crippen molar-refractivity contribution in [3.05, 3.63) is 0 Å². The van der Waals surface area contributed by atoms with Gasteiger partial charge in [-0.15, -0.1) is 0 Å². The van der Waals surface area contributed by atoms with E-state index < -0.39 is 0 Å². The smallest absolute Gasteiger partial charge is 0.242 e. The standard InChI is InChI=1S/C11H21N3O3/c1-13-8-11(16)14(9-10(13)15)6-3-4-12-5-7-17-2/h12H,3-9H2,1-2H3. The van der Waals surface area contributed by atoms with Gasteiger partial charge in [-0.1, -0.05) is 0 Å². The number of hydrogen-bond donors (Lipinski definition) is 1. The minimum absolute atomic E-state index is 0.0111. The molecule has 0 saturated carbocycles. The molecule has 0 unspecified atom stereocenters. The van der Waals surface area contributed by atoms with E-state index in [0.29, 0.717) is 13.2 Å². The number of hydrogen-bond acceptors (Lipinski definition) is 4. The third kappa shape index (κ3) is 4.70. The number of ether oxygens (including phenoxy) is 1. The summed E-state index contributed by atoms with van der Waals surface area (Å²) >= 11 is 0. The van der Waals surface area contributed by atoms with E-state index in [1.807, 2.05) is 0 Å². The fourth-order valence-corrected chi connectivity index (χ4v) is 1.66. The number of likely N-dealkylation sites (N-methyl/N-ethyl adjacent to an activating group) is 1. The van der Waals surface area contributed by atoms with Crippen LogP contribution in [0.25, 0.3) is 0 Å². The fraction of sp³-hybridized carbons (Fsp3) is 0.818. The van der Waals surface area contributed by atoms with Crippen molar-refractivity contribution in [2.45, 2.75) is 6.42 Å². The van der Waals surface area contributed by atoms with Gasteiger partial charge in [0.25, 0.3) is 0 Å². The lowest BCUT2D eigenvalue weighted by molar-refractivity contribution is -0.148. The Morgan fingerprint density at radius 2 is 2.00 bits per heavy atom. The minimum Gasteiger partial charge on any atom is -0.383 e. The summed E-state index contributed by atoms with van der Waals surface area (Å²) in [6.45, 7) is 3.39. The molecule has 0 spiro atoms. The number of piperazine rings is 1. The van der Waals surface area contributed by atoms with Gasteiger partial charge < -0.3 is 19.9 Å². The molecule has 2 amide bonds. The van der Waals surface area contributed by atoms with Crippen molar-refractivity contribution in [1.82, 2.24) is 15.1 Å². The van der Waals surface area contributed by atoms with E-state index in [-0.39, 0.29) is 24.9 Å². The van der Waals surface area contributed by atoms with Crippen LogP contribution in [0.4, 0.5) is 0 Å². The molecule has 0 atom stereocenters. The van der Waals surface area contributed by atoms with E-state index in [0.717, 1.165) is 19.5 Å². The SMILES string of the molecule is COCCNCCCN1CC(=O)N(C)CC1=O. The monoisotopic (exact) mass is 243 g/mol. The minimum atomic E-state index is 0.0111. The normalized spacial score (nSPS) is 16.8. The van der Waals surface area contributed by atoms with Gasteiger partial charge in [-0.3, -0.25) is 9.59 Å². The predicted molar refractivity (Wildman–Crippen MR) is 63.6 cm³/mol. The Kier molecular flexibility index (Phi) is 5.93. The first-order valence-corrected chi connectivity index (χ1v) is 5.86. The van der Waals surface area contributed by atoms with Crippen LogP contribution in [0.2, 0.25) is 0 Å². The van der Waals surface area contributed by atoms with Gasteiger partial charge >= 0.3 is 0 Å². The third-order valence-corrected chi connectivity index (χ3v) is 2.74. The lowest BCUT2D eigenvalue weighted by atomic mass is 10.3. The van der Waals surface area contributed by atoms with Crippen molar-refractivity contribution in [1.29, 1.82) is 0 Å². The lowest BCUT2D eigenvalue weighted by Gasteiger charge is -2.31. The van der Waals surface area contributed by atoms with Crippen molar-refractivity contribution in [2.75, 3.05) is 53.5 Å². The van der Waals surface area contributed by atoms with Crippen LogP contribution in [0.5, 0.6) is 0 Å². The molecular formula is C11H21N3O3. The highest BCUT2D eigenvalue weighted by Gasteiger charge is 2.26. The van der Waals surface area contributed by atoms with Crippen molar-refractivity contribution >= 4 is 11.8 Å². The second kappa shape index (κ2) is 7.24. The summed E-state index contributed by atoms with van der Waals surface area (Å²) in [7, 11) is 3.32. The molecule has 6 heteroatoms. The molecule has 1 saturated heterocycles. The van der Waals surface area contributed by atoms with Crippen molar-refractivity contribution in [2.24, 2.45) is 0 Å². The highest BCUT2D eigenvalue weighted by Crippen LogP contribution is 2.03. The first kappa shape index (κ1) is 13.9. The second-order valence-electron chi connectivity index (χ2n) is 4.16. The predicted octanol–water partition coefficient (Wildman–Crippen LogP) is -1.09. The van der Waals surface area contributed by atoms with E-state index in [9.17, 15) is 9.59 Å². The molecule has 1 fully saturated rings. The van der Waals surface area contributed by atoms with Crippen LogP contribution in [0.3, 0.4) is 0 Å². The average molecular weight is 243 g/mol. The highest BCUT2D eigenvalue weighted by molar-refractivity contribution is 5.92. The molecule has 1 N–H and O–H groups in total. The first-order chi connectivity index (χ1) is 8.15. The molecule has 0 aromatic rings. The molecule has 1 aliphatic heterocycles. The quantitative estimate of drug-likeness (QED) is 0.577. The van der Waals surface area contributed by atoms with E-state index in [4.69, 9.17) is 4.74 Å². The van der Waals surface area contributed by atoms with Gasteiger partial charge in [-0.05, 0) is 13.0 Å². The Labute approximate surface area is 102 Å². The summed E-state index contributed by atoms with van der Waals surface area (Å²) in [5, 5.41) is 3.20. The summed E-state index contributed by atoms with van der Waals surface area (Å²) < 4.78 is 4.90. The van der Waals surface area contributed by atoms with E-state index >= 15 is 0 Å². The Morgan fingerprint density at radius 1 is 1.24 bits per heavy atom. The van der Waals surface area contributed by atoms with Gasteiger partial charge in [0.1, 0.15) is 0 Å². The number of amides is 2. The van der Waals surface area contributed by atoms with Gasteiger partial charge in [0.2, 0.25) is 11.8 Å². The Hall–Kier alpha value is -1.14. The number of nitrogens with one attached hydrogen (secondary N) is 1. The summed E-state index contributed by atoms with van der Waals surface area (Å²) in [6.07, 6.45) is 0.854. The first-order valence-electron chi connectivity index (χ1n) is 5.86.